The molecular formula is C18H19N5O4. The lowest BCUT2D eigenvalue weighted by Gasteiger charge is -2.27. The fourth-order valence-corrected chi connectivity index (χ4v) is 2.99. The van der Waals surface area contributed by atoms with Gasteiger partial charge in [0, 0.05) is 31.8 Å². The molecule has 1 N–H and O–H groups in total. The van der Waals surface area contributed by atoms with Crippen molar-refractivity contribution in [3.63, 3.8) is 0 Å². The third kappa shape index (κ3) is 3.54. The van der Waals surface area contributed by atoms with Crippen molar-refractivity contribution in [2.45, 2.75) is 6.54 Å². The van der Waals surface area contributed by atoms with Gasteiger partial charge in [-0.2, -0.15) is 0 Å². The van der Waals surface area contributed by atoms with Crippen molar-refractivity contribution >= 4 is 22.8 Å². The van der Waals surface area contributed by atoms with Gasteiger partial charge in [-0.15, -0.1) is 0 Å². The van der Waals surface area contributed by atoms with Gasteiger partial charge in [-0.1, -0.05) is 0 Å². The van der Waals surface area contributed by atoms with Crippen LogP contribution in [0.4, 0.5) is 5.82 Å². The molecule has 1 fully saturated rings. The second-order valence-electron chi connectivity index (χ2n) is 6.26. The van der Waals surface area contributed by atoms with Gasteiger partial charge in [0.15, 0.2) is 5.58 Å². The van der Waals surface area contributed by atoms with Crippen molar-refractivity contribution in [2.75, 3.05) is 31.2 Å². The maximum absolute atomic E-state index is 12.5. The molecule has 9 heteroatoms. The Kier molecular flexibility index (Phi) is 4.59. The molecule has 0 bridgehead atoms. The number of hydrogen-bond acceptors (Lipinski definition) is 7. The Morgan fingerprint density at radius 3 is 2.85 bits per heavy atom. The van der Waals surface area contributed by atoms with Crippen LogP contribution in [0, 0.1) is 0 Å². The van der Waals surface area contributed by atoms with Crippen LogP contribution in [0.1, 0.15) is 16.1 Å². The summed E-state index contributed by atoms with van der Waals surface area (Å²) in [6.07, 6.45) is 1.50. The summed E-state index contributed by atoms with van der Waals surface area (Å²) < 4.78 is 11.8. The molecule has 0 spiro atoms. The van der Waals surface area contributed by atoms with Gasteiger partial charge in [0.1, 0.15) is 12.1 Å². The van der Waals surface area contributed by atoms with Crippen molar-refractivity contribution in [1.82, 2.24) is 19.9 Å². The highest BCUT2D eigenvalue weighted by molar-refractivity contribution is 5.97. The average Bonchev–Trinajstić information content (AvgIpc) is 3.00. The smallest absolute Gasteiger partial charge is 0.408 e. The van der Waals surface area contributed by atoms with Crippen LogP contribution >= 0.6 is 0 Å². The summed E-state index contributed by atoms with van der Waals surface area (Å²) in [5.74, 6) is 0.114. The first-order chi connectivity index (χ1) is 13.1. The summed E-state index contributed by atoms with van der Waals surface area (Å²) in [5, 5.41) is 2.85. The van der Waals surface area contributed by atoms with Crippen molar-refractivity contribution < 1.29 is 13.9 Å². The summed E-state index contributed by atoms with van der Waals surface area (Å²) in [6.45, 7) is 3.20. The fourth-order valence-electron chi connectivity index (χ4n) is 2.99. The molecule has 0 unspecified atom stereocenters. The summed E-state index contributed by atoms with van der Waals surface area (Å²) in [4.78, 5) is 34.7. The number of aryl methyl sites for hydroxylation is 1. The Labute approximate surface area is 154 Å². The number of aromatic nitrogens is 3. The Morgan fingerprint density at radius 1 is 1.22 bits per heavy atom. The van der Waals surface area contributed by atoms with E-state index in [0.29, 0.717) is 29.9 Å². The molecule has 0 radical (unpaired) electrons. The van der Waals surface area contributed by atoms with Crippen LogP contribution in [-0.4, -0.2) is 46.7 Å². The van der Waals surface area contributed by atoms with Crippen LogP contribution in [0.25, 0.3) is 11.1 Å². The molecule has 1 saturated heterocycles. The van der Waals surface area contributed by atoms with E-state index < -0.39 is 5.76 Å². The molecule has 3 heterocycles. The zero-order valence-electron chi connectivity index (χ0n) is 14.8. The number of anilines is 1. The van der Waals surface area contributed by atoms with Gasteiger partial charge >= 0.3 is 5.76 Å². The van der Waals surface area contributed by atoms with E-state index in [1.165, 1.54) is 10.9 Å². The zero-order chi connectivity index (χ0) is 18.8. The molecule has 4 rings (SSSR count). The fraction of sp³-hybridized carbons (Fsp3) is 0.333. The van der Waals surface area contributed by atoms with Gasteiger partial charge in [0.05, 0.1) is 31.0 Å². The maximum atomic E-state index is 12.5. The molecule has 27 heavy (non-hydrogen) atoms. The highest BCUT2D eigenvalue weighted by Gasteiger charge is 2.14. The monoisotopic (exact) mass is 369 g/mol. The molecule has 0 atom stereocenters. The summed E-state index contributed by atoms with van der Waals surface area (Å²) >= 11 is 0. The van der Waals surface area contributed by atoms with E-state index in [1.807, 2.05) is 6.07 Å². The number of nitrogens with one attached hydrogen (secondary N) is 1. The first-order valence-corrected chi connectivity index (χ1v) is 8.63. The lowest BCUT2D eigenvalue weighted by atomic mass is 10.2. The van der Waals surface area contributed by atoms with Gasteiger partial charge in [-0.05, 0) is 18.2 Å². The molecular weight excluding hydrogens is 350 g/mol. The van der Waals surface area contributed by atoms with E-state index in [1.54, 1.807) is 25.2 Å². The van der Waals surface area contributed by atoms with Gasteiger partial charge in [-0.25, -0.2) is 14.8 Å². The second-order valence-corrected chi connectivity index (χ2v) is 6.26. The van der Waals surface area contributed by atoms with E-state index in [0.717, 1.165) is 24.6 Å². The lowest BCUT2D eigenvalue weighted by Crippen LogP contribution is -2.37. The summed E-state index contributed by atoms with van der Waals surface area (Å²) in [5.41, 5.74) is 2.19. The number of oxazole rings is 1. The Bertz CT molecular complexity index is 1040. The van der Waals surface area contributed by atoms with E-state index in [-0.39, 0.29) is 12.5 Å². The summed E-state index contributed by atoms with van der Waals surface area (Å²) in [6, 6.07) is 6.75. The first-order valence-electron chi connectivity index (χ1n) is 8.63. The Hall–Kier alpha value is -3.20. The molecule has 1 amide bonds. The van der Waals surface area contributed by atoms with Crippen molar-refractivity contribution in [3.8, 4) is 0 Å². The van der Waals surface area contributed by atoms with Crippen LogP contribution in [0.3, 0.4) is 0 Å². The molecule has 0 saturated carbocycles. The average molecular weight is 369 g/mol. The van der Waals surface area contributed by atoms with Crippen LogP contribution in [0.2, 0.25) is 0 Å². The van der Waals surface area contributed by atoms with E-state index in [4.69, 9.17) is 9.15 Å². The quantitative estimate of drug-likeness (QED) is 0.722. The number of hydrogen-bond donors (Lipinski definition) is 1. The van der Waals surface area contributed by atoms with Gasteiger partial charge in [-0.3, -0.25) is 9.36 Å². The predicted molar refractivity (Wildman–Crippen MR) is 97.7 cm³/mol. The van der Waals surface area contributed by atoms with Gasteiger partial charge < -0.3 is 19.4 Å². The zero-order valence-corrected chi connectivity index (χ0v) is 14.8. The third-order valence-corrected chi connectivity index (χ3v) is 4.53. The first kappa shape index (κ1) is 17.2. The molecule has 2 aromatic heterocycles. The largest absolute Gasteiger partial charge is 0.419 e. The number of carbonyl (C=O) groups excluding carboxylic acids is 1. The van der Waals surface area contributed by atoms with Crippen molar-refractivity contribution in [3.05, 3.63) is 52.4 Å². The van der Waals surface area contributed by atoms with E-state index in [9.17, 15) is 9.59 Å². The predicted octanol–water partition coefficient (Wildman–Crippen LogP) is 0.688. The minimum absolute atomic E-state index is 0.253. The maximum Gasteiger partial charge on any atom is 0.419 e. The van der Waals surface area contributed by atoms with E-state index in [2.05, 4.69) is 20.2 Å². The van der Waals surface area contributed by atoms with Crippen molar-refractivity contribution in [2.24, 2.45) is 7.05 Å². The number of carbonyl (C=O) groups is 1. The number of ether oxygens (including phenoxy) is 1. The van der Waals surface area contributed by atoms with Gasteiger partial charge in [0.2, 0.25) is 0 Å². The number of fused-ring (bicyclic) bond motifs is 1. The third-order valence-electron chi connectivity index (χ3n) is 4.53. The highest BCUT2D eigenvalue weighted by atomic mass is 16.5. The number of amides is 1. The highest BCUT2D eigenvalue weighted by Crippen LogP contribution is 2.15. The number of rotatable bonds is 4. The van der Waals surface area contributed by atoms with Crippen LogP contribution in [0.5, 0.6) is 0 Å². The SMILES string of the molecule is Cn1c(=O)oc2ccc(C(=O)NCc3cc(N4CCOCC4)ncn3)cc21. The molecule has 9 nitrogen and oxygen atoms in total. The topological polar surface area (TPSA) is 102 Å². The van der Waals surface area contributed by atoms with Crippen LogP contribution < -0.4 is 16.0 Å². The Morgan fingerprint density at radius 2 is 2.04 bits per heavy atom. The normalized spacial score (nSPS) is 14.5. The molecule has 140 valence electrons. The Balaban J connectivity index is 1.46. The number of nitrogens with zero attached hydrogens (tertiary/aromatic N) is 4. The molecule has 1 aliphatic heterocycles. The molecule has 0 aliphatic carbocycles. The minimum atomic E-state index is -0.459. The van der Waals surface area contributed by atoms with Gasteiger partial charge in [0.25, 0.3) is 5.91 Å². The minimum Gasteiger partial charge on any atom is -0.408 e. The lowest BCUT2D eigenvalue weighted by molar-refractivity contribution is 0.0950. The number of morpholine rings is 1. The van der Waals surface area contributed by atoms with E-state index >= 15 is 0 Å². The van der Waals surface area contributed by atoms with Crippen molar-refractivity contribution in [1.29, 1.82) is 0 Å². The summed E-state index contributed by atoms with van der Waals surface area (Å²) in [7, 11) is 1.60. The molecule has 3 aromatic rings. The van der Waals surface area contributed by atoms with Crippen LogP contribution in [0.15, 0.2) is 39.8 Å². The molecule has 1 aliphatic rings. The standard InChI is InChI=1S/C18H19N5O4/c1-22-14-8-12(2-3-15(14)27-18(22)25)17(24)19-10-13-9-16(21-11-20-13)23-4-6-26-7-5-23/h2-3,8-9,11H,4-7,10H2,1H3,(H,19,24). The number of benzene rings is 1. The van der Waals surface area contributed by atoms with Crippen LogP contribution in [-0.2, 0) is 18.3 Å². The second kappa shape index (κ2) is 7.20. The molecule has 1 aromatic carbocycles.